The van der Waals surface area contributed by atoms with Crippen LogP contribution in [0.15, 0.2) is 30.6 Å². The van der Waals surface area contributed by atoms with Crippen molar-refractivity contribution in [2.75, 3.05) is 14.1 Å². The van der Waals surface area contributed by atoms with Gasteiger partial charge in [0.05, 0.1) is 18.4 Å². The van der Waals surface area contributed by atoms with Crippen LogP contribution in [-0.4, -0.2) is 68.3 Å². The van der Waals surface area contributed by atoms with Gasteiger partial charge in [0.15, 0.2) is 17.5 Å². The van der Waals surface area contributed by atoms with Gasteiger partial charge in [-0.3, -0.25) is 9.59 Å². The smallest absolute Gasteiger partial charge is 0.406 e. The minimum atomic E-state index is -5.23. The van der Waals surface area contributed by atoms with E-state index < -0.39 is 41.7 Å². The van der Waals surface area contributed by atoms with Gasteiger partial charge >= 0.3 is 12.7 Å². The average molecular weight is 573 g/mol. The van der Waals surface area contributed by atoms with E-state index in [2.05, 4.69) is 34.8 Å². The number of alkyl halides is 6. The Balaban J connectivity index is 1.62. The molecule has 0 bridgehead atoms. The lowest BCUT2D eigenvalue weighted by Crippen LogP contribution is -2.29. The highest BCUT2D eigenvalue weighted by Crippen LogP contribution is 2.39. The molecule has 4 rings (SSSR count). The molecule has 1 saturated carbocycles. The fourth-order valence-corrected chi connectivity index (χ4v) is 3.51. The number of rotatable bonds is 8. The average Bonchev–Trinajstić information content (AvgIpc) is 3.59. The third kappa shape index (κ3) is 7.15. The summed E-state index contributed by atoms with van der Waals surface area (Å²) in [5, 5.41) is 6.90. The van der Waals surface area contributed by atoms with Crippen molar-refractivity contribution in [3.63, 3.8) is 0 Å². The molecule has 11 nitrogen and oxygen atoms in total. The summed E-state index contributed by atoms with van der Waals surface area (Å²) >= 11 is 0. The molecule has 1 aliphatic rings. The SMILES string of the molecule is C[C@H](NC(=O)c1cc(OC(F)(F)F)cc(OC(F)(F)F)c1)c1nc(C2CC2)nn1-c1cnc(C(=O)N(C)C)cn1. The van der Waals surface area contributed by atoms with Crippen LogP contribution in [0.25, 0.3) is 5.82 Å². The maximum Gasteiger partial charge on any atom is 0.573 e. The minimum Gasteiger partial charge on any atom is -0.406 e. The van der Waals surface area contributed by atoms with Crippen LogP contribution in [0, 0.1) is 0 Å². The molecule has 0 spiro atoms. The van der Waals surface area contributed by atoms with Crippen molar-refractivity contribution >= 4 is 11.8 Å². The van der Waals surface area contributed by atoms with Crippen LogP contribution in [0.1, 0.15) is 64.2 Å². The van der Waals surface area contributed by atoms with Gasteiger partial charge in [-0.2, -0.15) is 4.68 Å². The number of carbonyl (C=O) groups is 2. The molecule has 2 aromatic heterocycles. The molecule has 40 heavy (non-hydrogen) atoms. The molecule has 17 heteroatoms. The Morgan fingerprint density at radius 1 is 1.00 bits per heavy atom. The number of amides is 2. The molecular weight excluding hydrogens is 552 g/mol. The largest absolute Gasteiger partial charge is 0.573 e. The molecule has 1 fully saturated rings. The standard InChI is InChI=1S/C23H21F6N7O4/c1-11(32-20(37)13-6-14(39-22(24,25)26)8-15(7-13)40-23(27,28)29)19-33-18(12-4-5-12)34-36(19)17-10-30-16(9-31-17)21(38)35(2)3/h6-12H,4-5H2,1-3H3,(H,32,37)/t11-/m0/s1. The van der Waals surface area contributed by atoms with E-state index in [0.717, 1.165) is 12.8 Å². The highest BCUT2D eigenvalue weighted by atomic mass is 19.4. The summed E-state index contributed by atoms with van der Waals surface area (Å²) in [6, 6.07) is 0.621. The number of ether oxygens (including phenoxy) is 2. The molecule has 1 aromatic carbocycles. The van der Waals surface area contributed by atoms with Crippen LogP contribution < -0.4 is 14.8 Å². The van der Waals surface area contributed by atoms with Gasteiger partial charge in [0, 0.05) is 31.6 Å². The van der Waals surface area contributed by atoms with Crippen molar-refractivity contribution in [2.45, 2.75) is 44.4 Å². The molecule has 1 atom stereocenters. The van der Waals surface area contributed by atoms with Gasteiger partial charge in [0.25, 0.3) is 11.8 Å². The summed E-state index contributed by atoms with van der Waals surface area (Å²) < 4.78 is 85.0. The van der Waals surface area contributed by atoms with Crippen molar-refractivity contribution < 1.29 is 45.4 Å². The number of halogens is 6. The monoisotopic (exact) mass is 573 g/mol. The molecule has 214 valence electrons. The lowest BCUT2D eigenvalue weighted by molar-refractivity contribution is -0.276. The summed E-state index contributed by atoms with van der Waals surface area (Å²) in [7, 11) is 3.09. The summed E-state index contributed by atoms with van der Waals surface area (Å²) in [6.07, 6.45) is -6.29. The highest BCUT2D eigenvalue weighted by Gasteiger charge is 2.35. The second-order valence-electron chi connectivity index (χ2n) is 8.96. The van der Waals surface area contributed by atoms with E-state index in [-0.39, 0.29) is 29.2 Å². The normalized spacial score (nSPS) is 14.4. The van der Waals surface area contributed by atoms with Crippen molar-refractivity contribution in [2.24, 2.45) is 0 Å². The first-order valence-corrected chi connectivity index (χ1v) is 11.6. The summed E-state index contributed by atoms with van der Waals surface area (Å²) in [5.74, 6) is -2.77. The number of carbonyl (C=O) groups excluding carboxylic acids is 2. The number of nitrogens with one attached hydrogen (secondary N) is 1. The summed E-state index contributed by atoms with van der Waals surface area (Å²) in [5.41, 5.74) is -0.537. The van der Waals surface area contributed by atoms with Crippen LogP contribution in [0.5, 0.6) is 11.5 Å². The Morgan fingerprint density at radius 3 is 2.08 bits per heavy atom. The first-order chi connectivity index (χ1) is 18.6. The number of nitrogens with zero attached hydrogens (tertiary/aromatic N) is 6. The highest BCUT2D eigenvalue weighted by molar-refractivity contribution is 5.95. The molecule has 0 unspecified atom stereocenters. The zero-order chi connectivity index (χ0) is 29.4. The molecule has 1 aliphatic carbocycles. The fraction of sp³-hybridized carbons (Fsp3) is 0.391. The molecule has 2 amide bonds. The molecule has 2 heterocycles. The predicted molar refractivity (Wildman–Crippen MR) is 123 cm³/mol. The zero-order valence-corrected chi connectivity index (χ0v) is 21.0. The fourth-order valence-electron chi connectivity index (χ4n) is 3.51. The zero-order valence-electron chi connectivity index (χ0n) is 21.0. The van der Waals surface area contributed by atoms with Gasteiger partial charge < -0.3 is 19.7 Å². The van der Waals surface area contributed by atoms with E-state index >= 15 is 0 Å². The van der Waals surface area contributed by atoms with Gasteiger partial charge in [0.1, 0.15) is 17.2 Å². The van der Waals surface area contributed by atoms with Crippen LogP contribution in [0.2, 0.25) is 0 Å². The van der Waals surface area contributed by atoms with E-state index in [1.807, 2.05) is 0 Å². The van der Waals surface area contributed by atoms with E-state index in [9.17, 15) is 35.9 Å². The van der Waals surface area contributed by atoms with Gasteiger partial charge in [-0.05, 0) is 31.9 Å². The van der Waals surface area contributed by atoms with E-state index in [4.69, 9.17) is 0 Å². The first-order valence-electron chi connectivity index (χ1n) is 11.6. The molecule has 1 N–H and O–H groups in total. The Morgan fingerprint density at radius 2 is 1.60 bits per heavy atom. The topological polar surface area (TPSA) is 124 Å². The second kappa shape index (κ2) is 10.6. The maximum absolute atomic E-state index is 12.9. The number of hydrogen-bond donors (Lipinski definition) is 1. The Hall–Kier alpha value is -4.44. The third-order valence-electron chi connectivity index (χ3n) is 5.42. The number of aromatic nitrogens is 5. The Kier molecular flexibility index (Phi) is 7.58. The predicted octanol–water partition coefficient (Wildman–Crippen LogP) is 3.92. The first kappa shape index (κ1) is 28.6. The van der Waals surface area contributed by atoms with E-state index in [1.165, 1.54) is 28.9 Å². The lowest BCUT2D eigenvalue weighted by Gasteiger charge is -2.17. The molecule has 3 aromatic rings. The van der Waals surface area contributed by atoms with Crippen molar-refractivity contribution in [1.82, 2.24) is 34.9 Å². The van der Waals surface area contributed by atoms with Crippen LogP contribution in [0.4, 0.5) is 26.3 Å². The van der Waals surface area contributed by atoms with Gasteiger partial charge in [0.2, 0.25) is 0 Å². The lowest BCUT2D eigenvalue weighted by atomic mass is 10.1. The summed E-state index contributed by atoms with van der Waals surface area (Å²) in [6.45, 7) is 1.48. The van der Waals surface area contributed by atoms with Crippen molar-refractivity contribution in [1.29, 1.82) is 0 Å². The Bertz CT molecular complexity index is 1370. The van der Waals surface area contributed by atoms with Gasteiger partial charge in [-0.1, -0.05) is 0 Å². The Labute approximate surface area is 222 Å². The number of benzene rings is 1. The van der Waals surface area contributed by atoms with Gasteiger partial charge in [-0.25, -0.2) is 15.0 Å². The maximum atomic E-state index is 12.9. The molecule has 0 saturated heterocycles. The van der Waals surface area contributed by atoms with Crippen LogP contribution in [0.3, 0.4) is 0 Å². The third-order valence-corrected chi connectivity index (χ3v) is 5.42. The molecule has 0 radical (unpaired) electrons. The van der Waals surface area contributed by atoms with Crippen molar-refractivity contribution in [3.05, 3.63) is 53.5 Å². The number of hydrogen-bond acceptors (Lipinski definition) is 8. The quantitative estimate of drug-likeness (QED) is 0.402. The van der Waals surface area contributed by atoms with E-state index in [0.29, 0.717) is 24.0 Å². The minimum absolute atomic E-state index is 0.0667. The molecule has 0 aliphatic heterocycles. The second-order valence-corrected chi connectivity index (χ2v) is 8.96. The van der Waals surface area contributed by atoms with Crippen LogP contribution in [-0.2, 0) is 0 Å². The molecular formula is C23H21F6N7O4. The van der Waals surface area contributed by atoms with Crippen LogP contribution >= 0.6 is 0 Å². The summed E-state index contributed by atoms with van der Waals surface area (Å²) in [4.78, 5) is 39.1. The van der Waals surface area contributed by atoms with Crippen molar-refractivity contribution in [3.8, 4) is 17.3 Å². The van der Waals surface area contributed by atoms with E-state index in [1.54, 1.807) is 14.1 Å². The van der Waals surface area contributed by atoms with Gasteiger partial charge in [-0.15, -0.1) is 31.4 Å².